The van der Waals surface area contributed by atoms with E-state index in [1.807, 2.05) is 24.5 Å². The topological polar surface area (TPSA) is 41.0 Å². The minimum Gasteiger partial charge on any atom is -0.454 e. The lowest BCUT2D eigenvalue weighted by molar-refractivity contribution is 0.479. The molecule has 2 N–H and O–H groups in total. The number of aromatic amines is 1. The Balaban J connectivity index is 1.67. The molecule has 0 unspecified atom stereocenters. The van der Waals surface area contributed by atoms with Crippen LogP contribution in [0.15, 0.2) is 39.7 Å². The van der Waals surface area contributed by atoms with Crippen molar-refractivity contribution in [1.29, 1.82) is 0 Å². The number of nitrogens with one attached hydrogen (secondary N) is 2. The Morgan fingerprint density at radius 1 is 1.33 bits per heavy atom. The van der Waals surface area contributed by atoms with Crippen LogP contribution < -0.4 is 5.32 Å². The van der Waals surface area contributed by atoms with Crippen molar-refractivity contribution >= 4 is 15.9 Å². The highest BCUT2D eigenvalue weighted by molar-refractivity contribution is 9.10. The van der Waals surface area contributed by atoms with Crippen molar-refractivity contribution in [2.75, 3.05) is 6.54 Å². The van der Waals surface area contributed by atoms with Crippen molar-refractivity contribution in [3.63, 3.8) is 0 Å². The SMILES string of the molecule is Brc1ccc(CCNCc2cc[nH]c2)o1. The summed E-state index contributed by atoms with van der Waals surface area (Å²) in [6.07, 6.45) is 4.84. The van der Waals surface area contributed by atoms with Gasteiger partial charge in [-0.25, -0.2) is 0 Å². The van der Waals surface area contributed by atoms with Crippen molar-refractivity contribution in [2.45, 2.75) is 13.0 Å². The molecule has 0 spiro atoms. The van der Waals surface area contributed by atoms with Crippen molar-refractivity contribution in [3.8, 4) is 0 Å². The van der Waals surface area contributed by atoms with E-state index < -0.39 is 0 Å². The fourth-order valence-corrected chi connectivity index (χ4v) is 1.74. The van der Waals surface area contributed by atoms with E-state index in [1.54, 1.807) is 0 Å². The third-order valence-corrected chi connectivity index (χ3v) is 2.59. The number of hydrogen-bond acceptors (Lipinski definition) is 2. The fraction of sp³-hybridized carbons (Fsp3) is 0.273. The molecule has 2 heterocycles. The monoisotopic (exact) mass is 268 g/mol. The summed E-state index contributed by atoms with van der Waals surface area (Å²) in [7, 11) is 0. The van der Waals surface area contributed by atoms with Crippen molar-refractivity contribution in [3.05, 3.63) is 46.6 Å². The van der Waals surface area contributed by atoms with Crippen LogP contribution in [0.25, 0.3) is 0 Å². The molecule has 0 aliphatic rings. The van der Waals surface area contributed by atoms with Gasteiger partial charge in [-0.3, -0.25) is 0 Å². The molecule has 0 amide bonds. The highest BCUT2D eigenvalue weighted by Crippen LogP contribution is 2.13. The summed E-state index contributed by atoms with van der Waals surface area (Å²) in [5.41, 5.74) is 1.27. The fourth-order valence-electron chi connectivity index (χ4n) is 1.40. The average molecular weight is 269 g/mol. The van der Waals surface area contributed by atoms with Crippen molar-refractivity contribution in [1.82, 2.24) is 10.3 Å². The van der Waals surface area contributed by atoms with Gasteiger partial charge in [-0.05, 0) is 39.7 Å². The first-order valence-electron chi connectivity index (χ1n) is 4.91. The quantitative estimate of drug-likeness (QED) is 0.819. The van der Waals surface area contributed by atoms with E-state index >= 15 is 0 Å². The van der Waals surface area contributed by atoms with Crippen LogP contribution >= 0.6 is 15.9 Å². The van der Waals surface area contributed by atoms with Crippen LogP contribution in [0.5, 0.6) is 0 Å². The first kappa shape index (κ1) is 10.5. The zero-order valence-electron chi connectivity index (χ0n) is 8.29. The summed E-state index contributed by atoms with van der Waals surface area (Å²) in [5.74, 6) is 1.00. The van der Waals surface area contributed by atoms with E-state index in [1.165, 1.54) is 5.56 Å². The molecule has 4 heteroatoms. The third kappa shape index (κ3) is 3.25. The summed E-state index contributed by atoms with van der Waals surface area (Å²) in [6, 6.07) is 5.97. The van der Waals surface area contributed by atoms with Gasteiger partial charge in [-0.2, -0.15) is 0 Å². The van der Waals surface area contributed by atoms with Crippen LogP contribution in [0.1, 0.15) is 11.3 Å². The molecule has 0 aliphatic heterocycles. The van der Waals surface area contributed by atoms with E-state index in [2.05, 4.69) is 32.3 Å². The minimum atomic E-state index is 0.795. The molecule has 0 atom stereocenters. The number of aromatic nitrogens is 1. The molecule has 15 heavy (non-hydrogen) atoms. The smallest absolute Gasteiger partial charge is 0.169 e. The van der Waals surface area contributed by atoms with Crippen LogP contribution in [-0.4, -0.2) is 11.5 Å². The number of hydrogen-bond donors (Lipinski definition) is 2. The van der Waals surface area contributed by atoms with Crippen LogP contribution in [-0.2, 0) is 13.0 Å². The lowest BCUT2D eigenvalue weighted by Gasteiger charge is -2.00. The lowest BCUT2D eigenvalue weighted by Crippen LogP contribution is -2.15. The van der Waals surface area contributed by atoms with Crippen LogP contribution in [0.4, 0.5) is 0 Å². The predicted molar refractivity (Wildman–Crippen MR) is 62.6 cm³/mol. The minimum absolute atomic E-state index is 0.795. The summed E-state index contributed by atoms with van der Waals surface area (Å²) < 4.78 is 6.19. The normalized spacial score (nSPS) is 10.7. The number of halogens is 1. The predicted octanol–water partition coefficient (Wildman–Crippen LogP) is 2.70. The molecular formula is C11H13BrN2O. The van der Waals surface area contributed by atoms with Crippen LogP contribution in [0, 0.1) is 0 Å². The Hall–Kier alpha value is -1.00. The Kier molecular flexibility index (Phi) is 3.64. The molecule has 0 saturated carbocycles. The van der Waals surface area contributed by atoms with Gasteiger partial charge >= 0.3 is 0 Å². The molecule has 0 aliphatic carbocycles. The highest BCUT2D eigenvalue weighted by atomic mass is 79.9. The van der Waals surface area contributed by atoms with Crippen LogP contribution in [0.3, 0.4) is 0 Å². The van der Waals surface area contributed by atoms with Gasteiger partial charge in [-0.15, -0.1) is 0 Å². The van der Waals surface area contributed by atoms with Crippen molar-refractivity contribution < 1.29 is 4.42 Å². The Morgan fingerprint density at radius 2 is 2.27 bits per heavy atom. The first-order valence-corrected chi connectivity index (χ1v) is 5.70. The molecule has 3 nitrogen and oxygen atoms in total. The van der Waals surface area contributed by atoms with Crippen molar-refractivity contribution in [2.24, 2.45) is 0 Å². The maximum Gasteiger partial charge on any atom is 0.169 e. The van der Waals surface area contributed by atoms with Gasteiger partial charge in [0, 0.05) is 31.9 Å². The van der Waals surface area contributed by atoms with E-state index in [9.17, 15) is 0 Å². The summed E-state index contributed by atoms with van der Waals surface area (Å²) in [6.45, 7) is 1.82. The molecule has 2 rings (SSSR count). The van der Waals surface area contributed by atoms with Gasteiger partial charge in [0.05, 0.1) is 0 Å². The molecule has 2 aromatic rings. The van der Waals surface area contributed by atoms with E-state index in [0.29, 0.717) is 0 Å². The van der Waals surface area contributed by atoms with E-state index in [-0.39, 0.29) is 0 Å². The number of rotatable bonds is 5. The highest BCUT2D eigenvalue weighted by Gasteiger charge is 1.98. The van der Waals surface area contributed by atoms with Crippen LogP contribution in [0.2, 0.25) is 0 Å². The zero-order valence-corrected chi connectivity index (χ0v) is 9.88. The van der Waals surface area contributed by atoms with E-state index in [0.717, 1.165) is 29.9 Å². The Labute approximate surface area is 97.0 Å². The molecule has 0 fully saturated rings. The molecule has 0 radical (unpaired) electrons. The van der Waals surface area contributed by atoms with E-state index in [4.69, 9.17) is 4.42 Å². The summed E-state index contributed by atoms with van der Waals surface area (Å²) in [4.78, 5) is 3.03. The second kappa shape index (κ2) is 5.19. The second-order valence-corrected chi connectivity index (χ2v) is 4.13. The maximum atomic E-state index is 5.39. The maximum absolute atomic E-state index is 5.39. The molecular weight excluding hydrogens is 256 g/mol. The molecule has 0 bridgehead atoms. The van der Waals surface area contributed by atoms with Gasteiger partial charge < -0.3 is 14.7 Å². The average Bonchev–Trinajstić information content (AvgIpc) is 2.84. The van der Waals surface area contributed by atoms with Gasteiger partial charge in [0.2, 0.25) is 0 Å². The van der Waals surface area contributed by atoms with Gasteiger partial charge in [-0.1, -0.05) is 0 Å². The second-order valence-electron chi connectivity index (χ2n) is 3.35. The molecule has 0 saturated heterocycles. The molecule has 80 valence electrons. The number of furan rings is 1. The first-order chi connectivity index (χ1) is 7.34. The largest absolute Gasteiger partial charge is 0.454 e. The summed E-state index contributed by atoms with van der Waals surface area (Å²) in [5, 5.41) is 3.35. The van der Waals surface area contributed by atoms with Gasteiger partial charge in [0.25, 0.3) is 0 Å². The standard InChI is InChI=1S/C11H13BrN2O/c12-11-2-1-10(15-11)4-6-14-8-9-3-5-13-7-9/h1-3,5,7,13-14H,4,6,8H2. The van der Waals surface area contributed by atoms with Gasteiger partial charge in [0.15, 0.2) is 4.67 Å². The zero-order chi connectivity index (χ0) is 10.5. The Bertz CT molecular complexity index is 394. The van der Waals surface area contributed by atoms with Gasteiger partial charge in [0.1, 0.15) is 5.76 Å². The molecule has 0 aromatic carbocycles. The summed E-state index contributed by atoms with van der Waals surface area (Å²) >= 11 is 3.28. The molecule has 2 aromatic heterocycles. The Morgan fingerprint density at radius 3 is 2.93 bits per heavy atom. The third-order valence-electron chi connectivity index (χ3n) is 2.17. The lowest BCUT2D eigenvalue weighted by atomic mass is 10.3. The number of H-pyrrole nitrogens is 1.